The maximum absolute atomic E-state index is 5.75. The van der Waals surface area contributed by atoms with Crippen LogP contribution < -0.4 is 5.73 Å². The highest BCUT2D eigenvalue weighted by molar-refractivity contribution is 9.10. The molecule has 0 saturated heterocycles. The van der Waals surface area contributed by atoms with Gasteiger partial charge >= 0.3 is 0 Å². The number of nitrogens with zero attached hydrogens (tertiary/aromatic N) is 2. The Labute approximate surface area is 101 Å². The van der Waals surface area contributed by atoms with E-state index in [0.29, 0.717) is 0 Å². The van der Waals surface area contributed by atoms with Gasteiger partial charge in [-0.05, 0) is 35.0 Å². The molecule has 0 aliphatic rings. The molecule has 0 aromatic carbocycles. The zero-order valence-corrected chi connectivity index (χ0v) is 10.5. The molecular weight excluding hydrogens is 274 g/mol. The van der Waals surface area contributed by atoms with Crippen LogP contribution in [-0.2, 0) is 0 Å². The SMILES string of the molecule is C[C@H](N)c1ncc(-c2cccc(Br)n2)s1. The number of hydrogen-bond acceptors (Lipinski definition) is 4. The largest absolute Gasteiger partial charge is 0.322 e. The molecule has 2 N–H and O–H groups in total. The van der Waals surface area contributed by atoms with Crippen molar-refractivity contribution < 1.29 is 0 Å². The molecule has 15 heavy (non-hydrogen) atoms. The molecular formula is C10H10BrN3S. The normalized spacial score (nSPS) is 12.7. The van der Waals surface area contributed by atoms with Gasteiger partial charge in [0, 0.05) is 6.20 Å². The smallest absolute Gasteiger partial charge is 0.110 e. The van der Waals surface area contributed by atoms with Gasteiger partial charge < -0.3 is 5.73 Å². The number of rotatable bonds is 2. The molecule has 2 rings (SSSR count). The molecule has 3 nitrogen and oxygen atoms in total. The summed E-state index contributed by atoms with van der Waals surface area (Å²) in [4.78, 5) is 9.67. The van der Waals surface area contributed by atoms with Gasteiger partial charge in [-0.1, -0.05) is 6.07 Å². The van der Waals surface area contributed by atoms with Crippen LogP contribution in [0.25, 0.3) is 10.6 Å². The molecule has 78 valence electrons. The van der Waals surface area contributed by atoms with Crippen molar-refractivity contribution in [3.05, 3.63) is 34.0 Å². The highest BCUT2D eigenvalue weighted by Gasteiger charge is 2.08. The van der Waals surface area contributed by atoms with Crippen molar-refractivity contribution in [1.29, 1.82) is 0 Å². The summed E-state index contributed by atoms with van der Waals surface area (Å²) in [7, 11) is 0. The maximum Gasteiger partial charge on any atom is 0.110 e. The van der Waals surface area contributed by atoms with E-state index in [4.69, 9.17) is 5.73 Å². The fourth-order valence-corrected chi connectivity index (χ4v) is 2.35. The summed E-state index contributed by atoms with van der Waals surface area (Å²) in [5.41, 5.74) is 6.68. The quantitative estimate of drug-likeness (QED) is 0.862. The molecule has 0 unspecified atom stereocenters. The molecule has 2 aromatic rings. The molecule has 2 aromatic heterocycles. The number of halogens is 1. The molecule has 0 saturated carbocycles. The third kappa shape index (κ3) is 2.42. The molecule has 0 fully saturated rings. The molecule has 0 aliphatic carbocycles. The van der Waals surface area contributed by atoms with Crippen LogP contribution in [0.5, 0.6) is 0 Å². The van der Waals surface area contributed by atoms with Crippen LogP contribution in [0.3, 0.4) is 0 Å². The minimum absolute atomic E-state index is 0.0177. The minimum atomic E-state index is -0.0177. The van der Waals surface area contributed by atoms with Crippen LogP contribution in [0, 0.1) is 0 Å². The van der Waals surface area contributed by atoms with E-state index in [-0.39, 0.29) is 6.04 Å². The predicted octanol–water partition coefficient (Wildman–Crippen LogP) is 2.99. The average molecular weight is 284 g/mol. The van der Waals surface area contributed by atoms with E-state index in [2.05, 4.69) is 25.9 Å². The fraction of sp³-hybridized carbons (Fsp3) is 0.200. The zero-order chi connectivity index (χ0) is 10.8. The van der Waals surface area contributed by atoms with Gasteiger partial charge in [0.05, 0.1) is 16.6 Å². The first-order valence-electron chi connectivity index (χ1n) is 4.51. The number of pyridine rings is 1. The Kier molecular flexibility index (Phi) is 3.14. The van der Waals surface area contributed by atoms with Crippen molar-refractivity contribution in [2.45, 2.75) is 13.0 Å². The van der Waals surface area contributed by atoms with Crippen molar-refractivity contribution in [2.24, 2.45) is 5.73 Å². The summed E-state index contributed by atoms with van der Waals surface area (Å²) in [5, 5.41) is 0.937. The third-order valence-electron chi connectivity index (χ3n) is 1.88. The van der Waals surface area contributed by atoms with Gasteiger partial charge in [0.15, 0.2) is 0 Å². The highest BCUT2D eigenvalue weighted by Crippen LogP contribution is 2.27. The summed E-state index contributed by atoms with van der Waals surface area (Å²) >= 11 is 4.93. The van der Waals surface area contributed by atoms with Crippen LogP contribution in [0.1, 0.15) is 18.0 Å². The molecule has 0 spiro atoms. The summed E-state index contributed by atoms with van der Waals surface area (Å²) in [6, 6.07) is 5.80. The Hall–Kier alpha value is -0.780. The van der Waals surface area contributed by atoms with Crippen LogP contribution >= 0.6 is 27.3 Å². The molecule has 0 bridgehead atoms. The Morgan fingerprint density at radius 1 is 1.47 bits per heavy atom. The second-order valence-corrected chi connectivity index (χ2v) is 5.07. The molecule has 2 heterocycles. The van der Waals surface area contributed by atoms with Gasteiger partial charge in [0.25, 0.3) is 0 Å². The van der Waals surface area contributed by atoms with Crippen LogP contribution in [0.4, 0.5) is 0 Å². The van der Waals surface area contributed by atoms with E-state index in [1.54, 1.807) is 11.3 Å². The number of aromatic nitrogens is 2. The third-order valence-corrected chi connectivity index (χ3v) is 3.54. The summed E-state index contributed by atoms with van der Waals surface area (Å²) < 4.78 is 0.829. The Morgan fingerprint density at radius 3 is 2.87 bits per heavy atom. The van der Waals surface area contributed by atoms with Crippen LogP contribution in [-0.4, -0.2) is 9.97 Å². The summed E-state index contributed by atoms with van der Waals surface area (Å²) in [6.45, 7) is 1.93. The Bertz CT molecular complexity index is 467. The maximum atomic E-state index is 5.75. The number of hydrogen-bond donors (Lipinski definition) is 1. The molecule has 5 heteroatoms. The zero-order valence-electron chi connectivity index (χ0n) is 8.14. The second-order valence-electron chi connectivity index (χ2n) is 3.20. The van der Waals surface area contributed by atoms with Crippen LogP contribution in [0.2, 0.25) is 0 Å². The van der Waals surface area contributed by atoms with Gasteiger partial charge in [0.2, 0.25) is 0 Å². The summed E-state index contributed by atoms with van der Waals surface area (Å²) in [5.74, 6) is 0. The van der Waals surface area contributed by atoms with Crippen LogP contribution in [0.15, 0.2) is 29.0 Å². The molecule has 1 atom stereocenters. The summed E-state index contributed by atoms with van der Waals surface area (Å²) in [6.07, 6.45) is 1.82. The molecule has 0 aliphatic heterocycles. The van der Waals surface area contributed by atoms with E-state index in [9.17, 15) is 0 Å². The van der Waals surface area contributed by atoms with Gasteiger partial charge in [-0.2, -0.15) is 0 Å². The average Bonchev–Trinajstić information content (AvgIpc) is 2.66. The minimum Gasteiger partial charge on any atom is -0.322 e. The van der Waals surface area contributed by atoms with Gasteiger partial charge in [0.1, 0.15) is 9.61 Å². The first-order chi connectivity index (χ1) is 7.16. The number of nitrogens with two attached hydrogens (primary N) is 1. The Balaban J connectivity index is 2.37. The van der Waals surface area contributed by atoms with E-state index in [0.717, 1.165) is 20.2 Å². The van der Waals surface area contributed by atoms with E-state index in [1.165, 1.54) is 0 Å². The van der Waals surface area contributed by atoms with Gasteiger partial charge in [-0.15, -0.1) is 11.3 Å². The van der Waals surface area contributed by atoms with Crippen molar-refractivity contribution in [2.75, 3.05) is 0 Å². The Morgan fingerprint density at radius 2 is 2.27 bits per heavy atom. The monoisotopic (exact) mass is 283 g/mol. The second kappa shape index (κ2) is 4.38. The first-order valence-corrected chi connectivity index (χ1v) is 6.12. The van der Waals surface area contributed by atoms with Gasteiger partial charge in [-0.3, -0.25) is 0 Å². The predicted molar refractivity (Wildman–Crippen MR) is 65.6 cm³/mol. The van der Waals surface area contributed by atoms with Crippen molar-refractivity contribution in [3.63, 3.8) is 0 Å². The highest BCUT2D eigenvalue weighted by atomic mass is 79.9. The van der Waals surface area contributed by atoms with Crippen molar-refractivity contribution in [3.8, 4) is 10.6 Å². The van der Waals surface area contributed by atoms with Crippen molar-refractivity contribution >= 4 is 27.3 Å². The molecule has 0 amide bonds. The molecule has 0 radical (unpaired) electrons. The van der Waals surface area contributed by atoms with E-state index < -0.39 is 0 Å². The first kappa shape index (κ1) is 10.7. The van der Waals surface area contributed by atoms with E-state index in [1.807, 2.05) is 31.3 Å². The van der Waals surface area contributed by atoms with Crippen molar-refractivity contribution in [1.82, 2.24) is 9.97 Å². The fourth-order valence-electron chi connectivity index (χ4n) is 1.16. The lowest BCUT2D eigenvalue weighted by Crippen LogP contribution is -2.03. The lowest BCUT2D eigenvalue weighted by atomic mass is 10.3. The lowest BCUT2D eigenvalue weighted by Gasteiger charge is -1.97. The topological polar surface area (TPSA) is 51.8 Å². The van der Waals surface area contributed by atoms with E-state index >= 15 is 0 Å². The van der Waals surface area contributed by atoms with Gasteiger partial charge in [-0.25, -0.2) is 9.97 Å². The lowest BCUT2D eigenvalue weighted by molar-refractivity contribution is 0.807. The standard InChI is InChI=1S/C10H10BrN3S/c1-6(12)10-13-5-8(15-10)7-3-2-4-9(11)14-7/h2-6H,12H2,1H3/t6-/m0/s1. The number of thiazole rings is 1.